The first-order valence-electron chi connectivity index (χ1n) is 30.1. The number of nitrogen functional groups attached to an aromatic ring is 1. The molecule has 2 aromatic heterocycles. The number of carbonyl (C=O) groups is 7. The largest absolute Gasteiger partial charge is 0.456 e. The number of aliphatic hydroxyl groups excluding tert-OH is 2. The Morgan fingerprint density at radius 1 is 0.814 bits per heavy atom. The van der Waals surface area contributed by atoms with Crippen LogP contribution in [0.25, 0.3) is 0 Å². The number of pyridine rings is 1. The quantitative estimate of drug-likeness (QED) is 0.0227. The molecule has 97 heavy (non-hydrogen) atoms. The number of ketones is 1. The maximum absolute atomic E-state index is 15.5. The van der Waals surface area contributed by atoms with Gasteiger partial charge in [0.1, 0.15) is 41.2 Å². The molecule has 28 heteroatoms. The standard InChI is InChI=1S/C47H51NO14.C22H14F7N5O/c1-25-31(60-43(56)36(52)35(28-16-10-7-11-17-28)48-41(54)29-18-12-8-13-19-29)23-47(57)40(61-42(55)30-20-14-9-15-21-30)38-45(6,32(51)22-33-46(38,24-58-33)62-27(3)50)39(53)37(59-26(2)49)34(25)44(47,4)5;23-14-3-6-16(7-4-14)34(9-1-2-15-5-8-19(30)33-32-15)20(35)11-18-17(22(27,28)29)10-13(12-31-18)21(24,25)26/h7-21,31-33,35-38,40,51-52,57H,22-24H2,1-6H3,(H,48,54);3-8,10,12H,9,11H2,(H2,30,33)/t31-,32-,33+,35-,36+,37+,38-,40-,45+,46-,47+;/m0./s1. The highest BCUT2D eigenvalue weighted by Gasteiger charge is 2.78. The first-order chi connectivity index (χ1) is 45.6. The molecule has 1 saturated heterocycles. The molecule has 3 aliphatic carbocycles. The van der Waals surface area contributed by atoms with E-state index >= 15 is 4.79 Å². The number of benzene rings is 4. The fraction of sp³-hybridized carbons (Fsp3) is 0.362. The third-order valence-electron chi connectivity index (χ3n) is 18.0. The van der Waals surface area contributed by atoms with Gasteiger partial charge in [-0.2, -0.15) is 26.3 Å². The van der Waals surface area contributed by atoms with E-state index in [4.69, 9.17) is 29.4 Å². The summed E-state index contributed by atoms with van der Waals surface area (Å²) in [6, 6.07) is 30.1. The van der Waals surface area contributed by atoms with Crippen LogP contribution in [0.15, 0.2) is 151 Å². The summed E-state index contributed by atoms with van der Waals surface area (Å²) < 4.78 is 123. The molecule has 11 atom stereocenters. The van der Waals surface area contributed by atoms with Gasteiger partial charge in [-0.3, -0.25) is 29.0 Å². The van der Waals surface area contributed by atoms with Gasteiger partial charge in [-0.25, -0.2) is 14.0 Å². The number of rotatable bonds is 14. The predicted octanol–water partition coefficient (Wildman–Crippen LogP) is 7.99. The van der Waals surface area contributed by atoms with Gasteiger partial charge in [0.15, 0.2) is 23.6 Å². The second-order valence-electron chi connectivity index (χ2n) is 24.3. The summed E-state index contributed by atoms with van der Waals surface area (Å²) >= 11 is 0. The second kappa shape index (κ2) is 28.0. The summed E-state index contributed by atoms with van der Waals surface area (Å²) in [7, 11) is 0. The maximum Gasteiger partial charge on any atom is 0.418 e. The minimum atomic E-state index is -5.20. The van der Waals surface area contributed by atoms with Crippen molar-refractivity contribution in [3.8, 4) is 11.8 Å². The number of amides is 2. The lowest BCUT2D eigenvalue weighted by Gasteiger charge is -2.67. The van der Waals surface area contributed by atoms with Crippen molar-refractivity contribution in [2.24, 2.45) is 16.7 Å². The number of fused-ring (bicyclic) bond motifs is 5. The summed E-state index contributed by atoms with van der Waals surface area (Å²) in [4.78, 5) is 101. The molecule has 21 nitrogen and oxygen atoms in total. The Bertz CT molecular complexity index is 4060. The van der Waals surface area contributed by atoms with Gasteiger partial charge in [0.2, 0.25) is 5.91 Å². The highest BCUT2D eigenvalue weighted by Crippen LogP contribution is 2.64. The molecule has 6 N–H and O–H groups in total. The van der Waals surface area contributed by atoms with E-state index in [2.05, 4.69) is 32.3 Å². The molecule has 2 saturated carbocycles. The van der Waals surface area contributed by atoms with E-state index in [1.807, 2.05) is 0 Å². The van der Waals surface area contributed by atoms with Crippen LogP contribution in [-0.2, 0) is 66.4 Å². The third-order valence-corrected chi connectivity index (χ3v) is 18.0. The first-order valence-corrected chi connectivity index (χ1v) is 30.1. The van der Waals surface area contributed by atoms with Crippen LogP contribution >= 0.6 is 0 Å². The van der Waals surface area contributed by atoms with Crippen LogP contribution in [0.1, 0.15) is 109 Å². The van der Waals surface area contributed by atoms with Crippen LogP contribution in [0.4, 0.5) is 42.2 Å². The number of aromatic nitrogens is 3. The number of Topliss-reactive ketones (excluding diaryl/α,β-unsaturated/α-hetero) is 1. The van der Waals surface area contributed by atoms with Crippen LogP contribution in [-0.4, -0.2) is 133 Å². The molecule has 10 rings (SSSR count). The molecule has 4 aromatic carbocycles. The van der Waals surface area contributed by atoms with Crippen LogP contribution in [0.3, 0.4) is 0 Å². The van der Waals surface area contributed by atoms with Crippen LogP contribution in [0, 0.1) is 34.4 Å². The molecule has 3 fully saturated rings. The number of esters is 4. The molecule has 6 aromatic rings. The van der Waals surface area contributed by atoms with E-state index in [0.29, 0.717) is 5.56 Å². The number of hydrogen-bond donors (Lipinski definition) is 5. The summed E-state index contributed by atoms with van der Waals surface area (Å²) in [5, 5.41) is 47.5. The number of anilines is 2. The molecule has 4 aliphatic rings. The van der Waals surface area contributed by atoms with Gasteiger partial charge in [0, 0.05) is 49.6 Å². The van der Waals surface area contributed by atoms with Crippen molar-refractivity contribution >= 4 is 53.0 Å². The summed E-state index contributed by atoms with van der Waals surface area (Å²) in [5.74, 6) is -3.10. The summed E-state index contributed by atoms with van der Waals surface area (Å²) in [5.41, 5.74) is -5.51. The van der Waals surface area contributed by atoms with Crippen molar-refractivity contribution in [2.45, 2.75) is 127 Å². The molecule has 0 radical (unpaired) electrons. The zero-order chi connectivity index (χ0) is 70.7. The Morgan fingerprint density at radius 3 is 1.99 bits per heavy atom. The number of alkyl halides is 6. The Labute approximate surface area is 550 Å². The Morgan fingerprint density at radius 2 is 1.43 bits per heavy atom. The Kier molecular flexibility index (Phi) is 20.6. The van der Waals surface area contributed by atoms with Gasteiger partial charge in [-0.1, -0.05) is 86.5 Å². The lowest BCUT2D eigenvalue weighted by atomic mass is 9.44. The number of nitrogens with zero attached hydrogens (tertiary/aromatic N) is 4. The number of halogens is 7. The number of aliphatic hydroxyl groups is 3. The molecule has 510 valence electrons. The van der Waals surface area contributed by atoms with E-state index in [-0.39, 0.29) is 71.3 Å². The Balaban J connectivity index is 0.000000267. The fourth-order valence-electron chi connectivity index (χ4n) is 13.0. The van der Waals surface area contributed by atoms with E-state index in [1.54, 1.807) is 92.7 Å². The van der Waals surface area contributed by atoms with Crippen LogP contribution in [0.5, 0.6) is 0 Å². The van der Waals surface area contributed by atoms with Crippen LogP contribution < -0.4 is 16.0 Å². The van der Waals surface area contributed by atoms with E-state index in [1.165, 1.54) is 50.2 Å². The third kappa shape index (κ3) is 14.6. The zero-order valence-corrected chi connectivity index (χ0v) is 52.7. The van der Waals surface area contributed by atoms with Gasteiger partial charge in [-0.15, -0.1) is 10.2 Å². The van der Waals surface area contributed by atoms with Crippen molar-refractivity contribution in [1.29, 1.82) is 0 Å². The molecule has 2 amide bonds. The van der Waals surface area contributed by atoms with Gasteiger partial charge in [0.25, 0.3) is 5.91 Å². The van der Waals surface area contributed by atoms with E-state index < -0.39 is 160 Å². The van der Waals surface area contributed by atoms with Gasteiger partial charge in [0.05, 0.1) is 65.4 Å². The molecule has 3 heterocycles. The maximum atomic E-state index is 15.5. The molecular formula is C69H65F7N6O15. The lowest BCUT2D eigenvalue weighted by molar-refractivity contribution is -0.346. The Hall–Kier alpha value is -9.95. The minimum Gasteiger partial charge on any atom is -0.456 e. The van der Waals surface area contributed by atoms with Crippen LogP contribution in [0.2, 0.25) is 0 Å². The van der Waals surface area contributed by atoms with Gasteiger partial charge >= 0.3 is 36.2 Å². The van der Waals surface area contributed by atoms with Crippen molar-refractivity contribution in [2.75, 3.05) is 23.8 Å². The summed E-state index contributed by atoms with van der Waals surface area (Å²) in [6.07, 6.45) is -21.5. The fourth-order valence-corrected chi connectivity index (χ4v) is 13.0. The highest BCUT2D eigenvalue weighted by molar-refractivity contribution is 5.97. The topological polar surface area (TPSA) is 306 Å². The number of nitrogens with one attached hydrogen (secondary N) is 1. The minimum absolute atomic E-state index is 0.00289. The van der Waals surface area contributed by atoms with Crippen molar-refractivity contribution in [3.05, 3.63) is 196 Å². The van der Waals surface area contributed by atoms with Crippen molar-refractivity contribution in [1.82, 2.24) is 20.5 Å². The smallest absolute Gasteiger partial charge is 0.418 e. The molecule has 0 unspecified atom stereocenters. The highest BCUT2D eigenvalue weighted by atomic mass is 19.4. The SMILES string of the molecule is CC(=O)O[C@H]1C(=O)[C@@]2(C)[C@H]([C@H](OC(=O)c3ccccc3)[C@]3(O)C[C@H](OC(=O)[C@H](O)[C@@H](NC(=O)c4ccccc4)c4ccccc4)C(C)=C1C3(C)C)[C@]1(OC(C)=O)CO[C@@H]1C[C@@H]2O.Nc1ccc(C#CCN(C(=O)Cc2ncc(C(F)(F)F)cc2C(F)(F)F)c2ccc(F)cc2)nn1. The predicted molar refractivity (Wildman–Crippen MR) is 328 cm³/mol. The monoisotopic (exact) mass is 1350 g/mol. The first kappa shape index (κ1) is 71.3. The number of carbonyl (C=O) groups excluding carboxylic acids is 7. The molecular weight excluding hydrogens is 1290 g/mol. The van der Waals surface area contributed by atoms with Crippen molar-refractivity contribution in [3.63, 3.8) is 0 Å². The van der Waals surface area contributed by atoms with E-state index in [0.717, 1.165) is 30.9 Å². The number of ether oxygens (including phenoxy) is 5. The summed E-state index contributed by atoms with van der Waals surface area (Å²) in [6.45, 7) is 7.61. The van der Waals surface area contributed by atoms with Gasteiger partial charge < -0.3 is 55.0 Å². The molecule has 0 spiro atoms. The average Bonchev–Trinajstić information content (AvgIpc) is 0.669. The molecule has 1 aliphatic heterocycles. The lowest BCUT2D eigenvalue weighted by Crippen LogP contribution is -2.82. The van der Waals surface area contributed by atoms with Gasteiger partial charge in [-0.05, 0) is 103 Å². The second-order valence-corrected chi connectivity index (χ2v) is 24.3. The number of hydrogen-bond acceptors (Lipinski definition) is 19. The molecule has 2 bridgehead atoms. The number of nitrogens with two attached hydrogens (primary N) is 1. The van der Waals surface area contributed by atoms with E-state index in [9.17, 15) is 74.8 Å². The average molecular weight is 1350 g/mol. The zero-order valence-electron chi connectivity index (χ0n) is 52.7. The normalized spacial score (nSPS) is 24.5. The van der Waals surface area contributed by atoms with Crippen molar-refractivity contribution < 1.29 is 103 Å².